The van der Waals surface area contributed by atoms with Gasteiger partial charge in [-0.15, -0.1) is 0 Å². The fourth-order valence-corrected chi connectivity index (χ4v) is 3.37. The Morgan fingerprint density at radius 3 is 2.67 bits per heavy atom. The Kier molecular flexibility index (Phi) is 3.55. The Labute approximate surface area is 109 Å². The van der Waals surface area contributed by atoms with Gasteiger partial charge in [0.1, 0.15) is 0 Å². The zero-order valence-corrected chi connectivity index (χ0v) is 10.9. The molecule has 1 aromatic rings. The van der Waals surface area contributed by atoms with E-state index in [9.17, 15) is 5.11 Å². The number of aliphatic hydroxyl groups excluding tert-OH is 1. The van der Waals surface area contributed by atoms with Crippen molar-refractivity contribution in [3.05, 3.63) is 29.8 Å². The molecule has 0 bridgehead atoms. The summed E-state index contributed by atoms with van der Waals surface area (Å²) in [4.78, 5) is 0. The van der Waals surface area contributed by atoms with Gasteiger partial charge in [-0.05, 0) is 43.6 Å². The second-order valence-electron chi connectivity index (χ2n) is 5.92. The maximum absolute atomic E-state index is 9.36. The van der Waals surface area contributed by atoms with Gasteiger partial charge in [-0.1, -0.05) is 31.0 Å². The Morgan fingerprint density at radius 1 is 1.06 bits per heavy atom. The molecule has 0 aliphatic heterocycles. The van der Waals surface area contributed by atoms with Crippen molar-refractivity contribution in [3.63, 3.8) is 0 Å². The van der Waals surface area contributed by atoms with Gasteiger partial charge < -0.3 is 10.4 Å². The van der Waals surface area contributed by atoms with Crippen LogP contribution in [0.3, 0.4) is 0 Å². The maximum atomic E-state index is 9.36. The summed E-state index contributed by atoms with van der Waals surface area (Å²) in [6.45, 7) is 0.127. The molecular weight excluding hydrogens is 222 g/mol. The van der Waals surface area contributed by atoms with Crippen LogP contribution in [0.1, 0.15) is 44.1 Å². The van der Waals surface area contributed by atoms with Crippen molar-refractivity contribution >= 4 is 5.69 Å². The average Bonchev–Trinajstić information content (AvgIpc) is 3.24. The minimum Gasteiger partial charge on any atom is -0.392 e. The van der Waals surface area contributed by atoms with E-state index in [1.165, 1.54) is 38.5 Å². The van der Waals surface area contributed by atoms with Crippen LogP contribution in [0.2, 0.25) is 0 Å². The van der Waals surface area contributed by atoms with Gasteiger partial charge in [-0.3, -0.25) is 0 Å². The van der Waals surface area contributed by atoms with Crippen molar-refractivity contribution < 1.29 is 5.11 Å². The molecule has 2 unspecified atom stereocenters. The number of nitrogens with one attached hydrogen (secondary N) is 1. The Hall–Kier alpha value is -1.02. The zero-order chi connectivity index (χ0) is 12.4. The molecule has 1 aromatic carbocycles. The second-order valence-corrected chi connectivity index (χ2v) is 5.92. The molecule has 98 valence electrons. The molecule has 2 fully saturated rings. The van der Waals surface area contributed by atoms with Crippen LogP contribution in [0, 0.1) is 11.8 Å². The lowest BCUT2D eigenvalue weighted by Gasteiger charge is -2.31. The molecule has 2 atom stereocenters. The van der Waals surface area contributed by atoms with Crippen molar-refractivity contribution in [2.75, 3.05) is 5.32 Å². The average molecular weight is 245 g/mol. The molecule has 0 saturated heterocycles. The van der Waals surface area contributed by atoms with E-state index in [1.807, 2.05) is 18.2 Å². The summed E-state index contributed by atoms with van der Waals surface area (Å²) in [5, 5.41) is 13.0. The van der Waals surface area contributed by atoms with Gasteiger partial charge in [-0.25, -0.2) is 0 Å². The fourth-order valence-electron chi connectivity index (χ4n) is 3.37. The van der Waals surface area contributed by atoms with Crippen molar-refractivity contribution in [1.82, 2.24) is 0 Å². The normalized spacial score (nSPS) is 28.1. The van der Waals surface area contributed by atoms with Crippen molar-refractivity contribution in [1.29, 1.82) is 0 Å². The van der Waals surface area contributed by atoms with Gasteiger partial charge in [0, 0.05) is 17.3 Å². The molecule has 0 heterocycles. The van der Waals surface area contributed by atoms with Crippen LogP contribution in [0.5, 0.6) is 0 Å². The molecule has 0 aromatic heterocycles. The molecule has 2 saturated carbocycles. The highest BCUT2D eigenvalue weighted by Crippen LogP contribution is 2.44. The minimum absolute atomic E-state index is 0.127. The number of rotatable bonds is 4. The van der Waals surface area contributed by atoms with E-state index in [-0.39, 0.29) is 6.61 Å². The molecule has 0 amide bonds. The van der Waals surface area contributed by atoms with Crippen LogP contribution in [0.4, 0.5) is 5.69 Å². The first-order valence-electron chi connectivity index (χ1n) is 7.32. The van der Waals surface area contributed by atoms with Crippen molar-refractivity contribution in [2.45, 2.75) is 51.2 Å². The third-order valence-corrected chi connectivity index (χ3v) is 4.55. The van der Waals surface area contributed by atoms with Gasteiger partial charge >= 0.3 is 0 Å². The number of anilines is 1. The lowest BCUT2D eigenvalue weighted by Crippen LogP contribution is -2.28. The summed E-state index contributed by atoms with van der Waals surface area (Å²) >= 11 is 0. The van der Waals surface area contributed by atoms with E-state index in [0.29, 0.717) is 6.04 Å². The van der Waals surface area contributed by atoms with Crippen molar-refractivity contribution in [2.24, 2.45) is 11.8 Å². The molecule has 2 heteroatoms. The lowest BCUT2D eigenvalue weighted by atomic mass is 9.82. The molecule has 2 nitrogen and oxygen atoms in total. The van der Waals surface area contributed by atoms with Crippen LogP contribution >= 0.6 is 0 Å². The number of para-hydroxylation sites is 1. The van der Waals surface area contributed by atoms with Gasteiger partial charge in [-0.2, -0.15) is 0 Å². The highest BCUT2D eigenvalue weighted by Gasteiger charge is 2.34. The highest BCUT2D eigenvalue weighted by atomic mass is 16.3. The van der Waals surface area contributed by atoms with Gasteiger partial charge in [0.05, 0.1) is 6.61 Å². The molecule has 2 N–H and O–H groups in total. The summed E-state index contributed by atoms with van der Waals surface area (Å²) in [7, 11) is 0. The predicted molar refractivity (Wildman–Crippen MR) is 74.5 cm³/mol. The van der Waals surface area contributed by atoms with E-state index >= 15 is 0 Å². The van der Waals surface area contributed by atoms with Gasteiger partial charge in [0.15, 0.2) is 0 Å². The molecule has 18 heavy (non-hydrogen) atoms. The Bertz CT molecular complexity index is 400. The molecular formula is C16H23NO. The smallest absolute Gasteiger partial charge is 0.0701 e. The van der Waals surface area contributed by atoms with Gasteiger partial charge in [0.25, 0.3) is 0 Å². The van der Waals surface area contributed by atoms with E-state index in [0.717, 1.165) is 23.1 Å². The molecule has 0 radical (unpaired) electrons. The van der Waals surface area contributed by atoms with Gasteiger partial charge in [0.2, 0.25) is 0 Å². The highest BCUT2D eigenvalue weighted by molar-refractivity contribution is 5.51. The van der Waals surface area contributed by atoms with Crippen LogP contribution in [-0.4, -0.2) is 11.1 Å². The summed E-state index contributed by atoms with van der Waals surface area (Å²) in [5.74, 6) is 1.99. The number of hydrogen-bond acceptors (Lipinski definition) is 2. The molecule has 2 aliphatic rings. The SMILES string of the molecule is OCc1ccccc1NC1CCCC(C2CC2)C1. The maximum Gasteiger partial charge on any atom is 0.0701 e. The second kappa shape index (κ2) is 5.31. The predicted octanol–water partition coefficient (Wildman–Crippen LogP) is 3.56. The van der Waals surface area contributed by atoms with E-state index in [2.05, 4.69) is 11.4 Å². The Morgan fingerprint density at radius 2 is 1.89 bits per heavy atom. The fraction of sp³-hybridized carbons (Fsp3) is 0.625. The summed E-state index contributed by atoms with van der Waals surface area (Å²) in [6.07, 6.45) is 8.33. The first-order chi connectivity index (χ1) is 8.86. The summed E-state index contributed by atoms with van der Waals surface area (Å²) in [5.41, 5.74) is 2.15. The van der Waals surface area contributed by atoms with E-state index < -0.39 is 0 Å². The first-order valence-corrected chi connectivity index (χ1v) is 7.32. The first kappa shape index (κ1) is 12.0. The summed E-state index contributed by atoms with van der Waals surface area (Å²) < 4.78 is 0. The topological polar surface area (TPSA) is 32.3 Å². The third kappa shape index (κ3) is 2.69. The van der Waals surface area contributed by atoms with Crippen LogP contribution < -0.4 is 5.32 Å². The number of hydrogen-bond donors (Lipinski definition) is 2. The van der Waals surface area contributed by atoms with E-state index in [1.54, 1.807) is 0 Å². The third-order valence-electron chi connectivity index (χ3n) is 4.55. The summed E-state index contributed by atoms with van der Waals surface area (Å²) in [6, 6.07) is 8.74. The quantitative estimate of drug-likeness (QED) is 0.850. The Balaban J connectivity index is 1.64. The van der Waals surface area contributed by atoms with Crippen molar-refractivity contribution in [3.8, 4) is 0 Å². The number of aliphatic hydroxyl groups is 1. The van der Waals surface area contributed by atoms with E-state index in [4.69, 9.17) is 0 Å². The lowest BCUT2D eigenvalue weighted by molar-refractivity contribution is 0.281. The standard InChI is InChI=1S/C16H23NO/c18-11-14-4-1-2-7-16(14)17-15-6-3-5-13(10-15)12-8-9-12/h1-2,4,7,12-13,15,17-18H,3,5-6,8-11H2. The van der Waals surface area contributed by atoms with Crippen LogP contribution in [0.25, 0.3) is 0 Å². The van der Waals surface area contributed by atoms with Crippen LogP contribution in [0.15, 0.2) is 24.3 Å². The number of benzene rings is 1. The molecule has 0 spiro atoms. The van der Waals surface area contributed by atoms with Crippen LogP contribution in [-0.2, 0) is 6.61 Å². The zero-order valence-electron chi connectivity index (χ0n) is 10.9. The molecule has 2 aliphatic carbocycles. The molecule has 3 rings (SSSR count). The minimum atomic E-state index is 0.127. The monoisotopic (exact) mass is 245 g/mol. The largest absolute Gasteiger partial charge is 0.392 e.